The van der Waals surface area contributed by atoms with Crippen molar-refractivity contribution in [2.45, 2.75) is 0 Å². The second-order valence-corrected chi connectivity index (χ2v) is 6.96. The fourth-order valence-electron chi connectivity index (χ4n) is 2.63. The summed E-state index contributed by atoms with van der Waals surface area (Å²) in [5.74, 6) is -1.38. The van der Waals surface area contributed by atoms with Gasteiger partial charge in [-0.05, 0) is 36.4 Å². The summed E-state index contributed by atoms with van der Waals surface area (Å²) in [6.07, 6.45) is 4.15. The molecule has 0 radical (unpaired) electrons. The van der Waals surface area contributed by atoms with E-state index in [0.717, 1.165) is 11.3 Å². The molecule has 0 fully saturated rings. The molecule has 28 heavy (non-hydrogen) atoms. The Morgan fingerprint density at radius 1 is 1.32 bits per heavy atom. The lowest BCUT2D eigenvalue weighted by Gasteiger charge is -2.08. The van der Waals surface area contributed by atoms with Crippen molar-refractivity contribution in [2.75, 3.05) is 13.2 Å². The van der Waals surface area contributed by atoms with Crippen molar-refractivity contribution in [1.82, 2.24) is 14.9 Å². The van der Waals surface area contributed by atoms with Gasteiger partial charge in [-0.25, -0.2) is 4.98 Å². The van der Waals surface area contributed by atoms with E-state index in [1.165, 1.54) is 30.0 Å². The standard InChI is InChI=1S/C19H17N3O5S/c1-22-17-12(3-2-8-20-17)16(25)15(19(22)27)13(24)6-4-11-5-7-14(28-11)18(26)21-9-10-23/h2-8,23,25H,9-10H2,1H3,(H,21,26). The summed E-state index contributed by atoms with van der Waals surface area (Å²) in [6, 6.07) is 6.43. The molecule has 3 aromatic rings. The number of ketones is 1. The van der Waals surface area contributed by atoms with E-state index in [2.05, 4.69) is 10.3 Å². The number of fused-ring (bicyclic) bond motifs is 1. The number of aliphatic hydroxyl groups excluding tert-OH is 1. The Bertz CT molecular complexity index is 1150. The summed E-state index contributed by atoms with van der Waals surface area (Å²) < 4.78 is 1.21. The van der Waals surface area contributed by atoms with Crippen LogP contribution in [0.25, 0.3) is 17.1 Å². The monoisotopic (exact) mass is 399 g/mol. The third-order valence-corrected chi connectivity index (χ3v) is 5.06. The second kappa shape index (κ2) is 8.15. The van der Waals surface area contributed by atoms with Crippen molar-refractivity contribution in [3.8, 4) is 5.75 Å². The minimum absolute atomic E-state index is 0.153. The van der Waals surface area contributed by atoms with Crippen LogP contribution in [-0.4, -0.2) is 44.6 Å². The highest BCUT2D eigenvalue weighted by Crippen LogP contribution is 2.25. The molecule has 3 aromatic heterocycles. The van der Waals surface area contributed by atoms with Gasteiger partial charge in [0.05, 0.1) is 16.9 Å². The van der Waals surface area contributed by atoms with E-state index < -0.39 is 17.1 Å². The Labute approximate surface area is 163 Å². The average Bonchev–Trinajstić information content (AvgIpc) is 3.18. The first kappa shape index (κ1) is 19.5. The molecular weight excluding hydrogens is 382 g/mol. The van der Waals surface area contributed by atoms with Gasteiger partial charge in [-0.15, -0.1) is 11.3 Å². The number of aromatic hydroxyl groups is 1. The predicted octanol–water partition coefficient (Wildman–Crippen LogP) is 1.32. The first-order valence-electron chi connectivity index (χ1n) is 8.32. The number of nitrogens with zero attached hydrogens (tertiary/aromatic N) is 2. The number of pyridine rings is 2. The Balaban J connectivity index is 1.89. The van der Waals surface area contributed by atoms with Crippen molar-refractivity contribution in [1.29, 1.82) is 0 Å². The number of rotatable bonds is 6. The number of allylic oxidation sites excluding steroid dienone is 1. The molecule has 0 unspecified atom stereocenters. The molecule has 3 rings (SSSR count). The van der Waals surface area contributed by atoms with Gasteiger partial charge in [0.15, 0.2) is 5.78 Å². The van der Waals surface area contributed by atoms with Gasteiger partial charge in [-0.1, -0.05) is 0 Å². The largest absolute Gasteiger partial charge is 0.506 e. The molecule has 1 amide bonds. The molecule has 144 valence electrons. The third-order valence-electron chi connectivity index (χ3n) is 4.01. The van der Waals surface area contributed by atoms with E-state index in [9.17, 15) is 19.5 Å². The molecule has 0 bridgehead atoms. The molecule has 0 aliphatic heterocycles. The number of amides is 1. The van der Waals surface area contributed by atoms with E-state index in [1.54, 1.807) is 24.3 Å². The Kier molecular flexibility index (Phi) is 5.67. The van der Waals surface area contributed by atoms with Crippen LogP contribution >= 0.6 is 11.3 Å². The Morgan fingerprint density at radius 2 is 2.11 bits per heavy atom. The van der Waals surface area contributed by atoms with Crippen LogP contribution in [0.1, 0.15) is 24.9 Å². The maximum Gasteiger partial charge on any atom is 0.266 e. The van der Waals surface area contributed by atoms with Crippen molar-refractivity contribution in [3.63, 3.8) is 0 Å². The number of aromatic nitrogens is 2. The molecule has 0 spiro atoms. The van der Waals surface area contributed by atoms with E-state index in [0.29, 0.717) is 15.1 Å². The molecule has 0 saturated heterocycles. The zero-order valence-electron chi connectivity index (χ0n) is 14.9. The second-order valence-electron chi connectivity index (χ2n) is 5.84. The van der Waals surface area contributed by atoms with Gasteiger partial charge in [-0.2, -0.15) is 0 Å². The number of hydrogen-bond donors (Lipinski definition) is 3. The molecule has 3 heterocycles. The van der Waals surface area contributed by atoms with Gasteiger partial charge >= 0.3 is 0 Å². The molecule has 0 aliphatic carbocycles. The number of carbonyl (C=O) groups is 2. The molecule has 0 saturated carbocycles. The average molecular weight is 399 g/mol. The predicted molar refractivity (Wildman–Crippen MR) is 106 cm³/mol. The van der Waals surface area contributed by atoms with Crippen molar-refractivity contribution in [2.24, 2.45) is 7.05 Å². The van der Waals surface area contributed by atoms with Crippen LogP contribution in [-0.2, 0) is 7.05 Å². The van der Waals surface area contributed by atoms with Gasteiger partial charge in [0, 0.05) is 24.7 Å². The zero-order chi connectivity index (χ0) is 20.3. The highest BCUT2D eigenvalue weighted by atomic mass is 32.1. The lowest BCUT2D eigenvalue weighted by molar-refractivity contribution is 0.0948. The molecule has 3 N–H and O–H groups in total. The maximum absolute atomic E-state index is 12.6. The number of nitrogens with one attached hydrogen (secondary N) is 1. The number of hydrogen-bond acceptors (Lipinski definition) is 7. The van der Waals surface area contributed by atoms with Crippen molar-refractivity contribution < 1.29 is 19.8 Å². The Morgan fingerprint density at radius 3 is 2.86 bits per heavy atom. The summed E-state index contributed by atoms with van der Waals surface area (Å²) >= 11 is 1.15. The molecule has 0 aliphatic rings. The highest BCUT2D eigenvalue weighted by molar-refractivity contribution is 7.14. The molecule has 8 nitrogen and oxygen atoms in total. The smallest absolute Gasteiger partial charge is 0.266 e. The van der Waals surface area contributed by atoms with Gasteiger partial charge in [0.2, 0.25) is 0 Å². The number of aliphatic hydroxyl groups is 1. The third kappa shape index (κ3) is 3.71. The van der Waals surface area contributed by atoms with Gasteiger partial charge in [0.1, 0.15) is 17.0 Å². The van der Waals surface area contributed by atoms with Crippen molar-refractivity contribution >= 4 is 40.1 Å². The first-order chi connectivity index (χ1) is 13.4. The number of thiophene rings is 1. The minimum Gasteiger partial charge on any atom is -0.506 e. The van der Waals surface area contributed by atoms with Gasteiger partial charge < -0.3 is 15.5 Å². The lowest BCUT2D eigenvalue weighted by Crippen LogP contribution is -2.25. The molecule has 0 aromatic carbocycles. The van der Waals surface area contributed by atoms with Crippen LogP contribution in [0.5, 0.6) is 5.75 Å². The van der Waals surface area contributed by atoms with Crippen LogP contribution in [0.4, 0.5) is 0 Å². The fourth-order valence-corrected chi connectivity index (χ4v) is 3.46. The van der Waals surface area contributed by atoms with Crippen LogP contribution in [0.2, 0.25) is 0 Å². The summed E-state index contributed by atoms with van der Waals surface area (Å²) in [5.41, 5.74) is -0.701. The van der Waals surface area contributed by atoms with Crippen LogP contribution in [0.15, 0.2) is 41.3 Å². The molecular formula is C19H17N3O5S. The summed E-state index contributed by atoms with van der Waals surface area (Å²) in [5, 5.41) is 22.0. The topological polar surface area (TPSA) is 122 Å². The maximum atomic E-state index is 12.6. The van der Waals surface area contributed by atoms with E-state index in [1.807, 2.05) is 0 Å². The van der Waals surface area contributed by atoms with Crippen LogP contribution in [0.3, 0.4) is 0 Å². The van der Waals surface area contributed by atoms with E-state index >= 15 is 0 Å². The summed E-state index contributed by atoms with van der Waals surface area (Å²) in [6.45, 7) is -0.00209. The van der Waals surface area contributed by atoms with Crippen LogP contribution < -0.4 is 10.9 Å². The summed E-state index contributed by atoms with van der Waals surface area (Å²) in [7, 11) is 1.48. The van der Waals surface area contributed by atoms with Crippen molar-refractivity contribution in [3.05, 3.63) is 62.2 Å². The molecule has 9 heteroatoms. The number of carbonyl (C=O) groups excluding carboxylic acids is 2. The SMILES string of the molecule is Cn1c(=O)c(C(=O)C=Cc2ccc(C(=O)NCCO)s2)c(O)c2cccnc21. The first-order valence-corrected chi connectivity index (χ1v) is 9.13. The van der Waals surface area contributed by atoms with Gasteiger partial charge in [0.25, 0.3) is 11.5 Å². The number of aryl methyl sites for hydroxylation is 1. The molecule has 0 atom stereocenters. The quantitative estimate of drug-likeness (QED) is 0.425. The zero-order valence-corrected chi connectivity index (χ0v) is 15.7. The normalized spacial score (nSPS) is 11.2. The fraction of sp³-hybridized carbons (Fsp3) is 0.158. The lowest BCUT2D eigenvalue weighted by atomic mass is 10.1. The van der Waals surface area contributed by atoms with E-state index in [4.69, 9.17) is 5.11 Å². The Hall–Kier alpha value is -3.30. The summed E-state index contributed by atoms with van der Waals surface area (Å²) in [4.78, 5) is 42.0. The van der Waals surface area contributed by atoms with E-state index in [-0.39, 0.29) is 30.3 Å². The highest BCUT2D eigenvalue weighted by Gasteiger charge is 2.19. The van der Waals surface area contributed by atoms with Crippen LogP contribution in [0, 0.1) is 0 Å². The minimum atomic E-state index is -0.650. The van der Waals surface area contributed by atoms with Gasteiger partial charge in [-0.3, -0.25) is 19.0 Å².